The third-order valence-electron chi connectivity index (χ3n) is 8.05. The van der Waals surface area contributed by atoms with Crippen LogP contribution < -0.4 is 0 Å². The van der Waals surface area contributed by atoms with Crippen molar-refractivity contribution in [3.63, 3.8) is 0 Å². The summed E-state index contributed by atoms with van der Waals surface area (Å²) in [5.74, 6) is -91.2. The monoisotopic (exact) mass is 1500 g/mol. The summed E-state index contributed by atoms with van der Waals surface area (Å²) in [6.07, 6.45) is -8.12. The summed E-state index contributed by atoms with van der Waals surface area (Å²) in [4.78, 5) is 0. The third-order valence-corrected chi connectivity index (χ3v) is 10.0. The third kappa shape index (κ3) is 40.3. The predicted octanol–water partition coefficient (Wildman–Crippen LogP) is 19.5. The summed E-state index contributed by atoms with van der Waals surface area (Å²) in [5, 5.41) is 0. The van der Waals surface area contributed by atoms with Crippen LogP contribution >= 0.6 is 0 Å². The van der Waals surface area contributed by atoms with E-state index < -0.39 is 226 Å². The first kappa shape index (κ1) is 128. The maximum Gasteiger partial charge on any atom is 0.559 e. The standard InChI is InChI=1S/C11H13F11O3S.C11H15F9O4S.C9H11F9O3S.CF4.12CH4/c1-6(12,13)10(19,20)11(21,22)7(2,14)25-4-8(15,16)3-9(17,18)5-26(23)24;1-7(12,13)10(17,18)11(19,20)8(2,14)24-4-3-23-5-9(15,16)6-25(21)22;1-5(10,11)8(15,16)9(17,18)6(2,12)21-3-7(13,14)4-22(19)20;2-1(3,4)5;;;;;;;;;;;;/h3-5H2,1-2H3,(H,23,24);3-6H2,1-2H3,(H,21,22);3-4H2,1-2H3,(H,19,20);;12*1H4/p-3. The zero-order valence-corrected chi connectivity index (χ0v) is 41.1. The highest BCUT2D eigenvalue weighted by molar-refractivity contribution is 7.79. The highest BCUT2D eigenvalue weighted by atomic mass is 32.2. The Morgan fingerprint density at radius 2 is 0.467 bits per heavy atom. The van der Waals surface area contributed by atoms with E-state index >= 15 is 0 Å². The van der Waals surface area contributed by atoms with Crippen molar-refractivity contribution in [2.45, 2.75) is 238 Å². The Morgan fingerprint density at radius 3 is 0.678 bits per heavy atom. The second kappa shape index (κ2) is 43.1. The van der Waals surface area contributed by atoms with Gasteiger partial charge in [-0.1, -0.05) is 89.1 Å². The second-order valence-corrected chi connectivity index (χ2v) is 18.4. The molecule has 572 valence electrons. The molecule has 0 aliphatic carbocycles. The summed E-state index contributed by atoms with van der Waals surface area (Å²) in [7, 11) is 0. The Balaban J connectivity index is -0.0000000590. The maximum atomic E-state index is 13.7. The minimum atomic E-state index is -6.37. The van der Waals surface area contributed by atoms with Crippen molar-refractivity contribution in [1.29, 1.82) is 0 Å². The van der Waals surface area contributed by atoms with Gasteiger partial charge in [0, 0.05) is 41.5 Å². The van der Waals surface area contributed by atoms with Gasteiger partial charge in [-0.05, 0) is 33.2 Å². The fourth-order valence-electron chi connectivity index (χ4n) is 4.02. The van der Waals surface area contributed by atoms with Crippen LogP contribution in [-0.2, 0) is 52.2 Å². The van der Waals surface area contributed by atoms with Crippen LogP contribution in [0.1, 0.15) is 137 Å². The van der Waals surface area contributed by atoms with Gasteiger partial charge in [-0.25, -0.2) is 48.3 Å². The van der Waals surface area contributed by atoms with Gasteiger partial charge < -0.3 is 32.6 Å². The fraction of sp³-hybridized carbons (Fsp3) is 1.00. The van der Waals surface area contributed by atoms with Gasteiger partial charge in [0.1, 0.15) is 19.8 Å². The topological polar surface area (TPSA) is 157 Å². The average molecular weight is 1500 g/mol. The Kier molecular flexibility index (Phi) is 61.5. The predicted molar refractivity (Wildman–Crippen MR) is 272 cm³/mol. The first-order valence-electron chi connectivity index (χ1n) is 18.7. The minimum Gasteiger partial charge on any atom is -0.772 e. The Morgan fingerprint density at radius 1 is 0.278 bits per heavy atom. The zero-order valence-electron chi connectivity index (χ0n) is 38.6. The lowest BCUT2D eigenvalue weighted by atomic mass is 9.99. The quantitative estimate of drug-likeness (QED) is 0.0401. The normalized spacial score (nSPS) is 15.7. The van der Waals surface area contributed by atoms with Crippen molar-refractivity contribution in [2.75, 3.05) is 50.3 Å². The van der Waals surface area contributed by atoms with Gasteiger partial charge in [0.05, 0.1) is 36.9 Å². The molecule has 0 aromatic heterocycles. The molecule has 90 heavy (non-hydrogen) atoms. The molecule has 0 aliphatic heterocycles. The summed E-state index contributed by atoms with van der Waals surface area (Å²) < 4.78 is 492. The molecule has 0 radical (unpaired) electrons. The lowest BCUT2D eigenvalue weighted by Crippen LogP contribution is -2.63. The Labute approximate surface area is 511 Å². The van der Waals surface area contributed by atoms with Gasteiger partial charge in [-0.15, -0.1) is 17.6 Å². The molecule has 0 aliphatic rings. The molecule has 46 heteroatoms. The van der Waals surface area contributed by atoms with E-state index in [-0.39, 0.29) is 96.0 Å². The summed E-state index contributed by atoms with van der Waals surface area (Å²) >= 11 is -9.96. The fourth-order valence-corrected chi connectivity index (χ4v) is 5.32. The van der Waals surface area contributed by atoms with E-state index in [1.165, 1.54) is 0 Å². The molecule has 0 fully saturated rings. The van der Waals surface area contributed by atoms with Gasteiger partial charge >= 0.3 is 59.7 Å². The number of alkyl halides is 33. The van der Waals surface area contributed by atoms with Crippen LogP contribution in [0.5, 0.6) is 0 Å². The number of ether oxygens (including phenoxy) is 4. The second-order valence-electron chi connectivity index (χ2n) is 15.7. The molecule has 0 aromatic rings. The van der Waals surface area contributed by atoms with E-state index in [1.807, 2.05) is 0 Å². The van der Waals surface area contributed by atoms with Gasteiger partial charge in [0.15, 0.2) is 0 Å². The van der Waals surface area contributed by atoms with Crippen molar-refractivity contribution < 1.29 is 190 Å². The van der Waals surface area contributed by atoms with Crippen LogP contribution in [0.3, 0.4) is 0 Å². The molecule has 0 spiro atoms. The minimum absolute atomic E-state index is 0. The van der Waals surface area contributed by atoms with Gasteiger partial charge in [-0.3, -0.25) is 12.6 Å². The van der Waals surface area contributed by atoms with Gasteiger partial charge in [0.2, 0.25) is 0 Å². The van der Waals surface area contributed by atoms with Crippen LogP contribution in [0.15, 0.2) is 0 Å². The van der Waals surface area contributed by atoms with Crippen molar-refractivity contribution in [2.24, 2.45) is 0 Å². The van der Waals surface area contributed by atoms with Crippen LogP contribution in [0.2, 0.25) is 0 Å². The highest BCUT2D eigenvalue weighted by Crippen LogP contribution is 2.55. The van der Waals surface area contributed by atoms with Gasteiger partial charge in [-0.2, -0.15) is 79.0 Å². The van der Waals surface area contributed by atoms with E-state index in [9.17, 15) is 171 Å². The molecule has 0 rings (SSSR count). The molecule has 0 heterocycles. The largest absolute Gasteiger partial charge is 0.772 e. The Hall–Kier alpha value is -2.14. The molecular formula is C44H84F33O10S3-3. The lowest BCUT2D eigenvalue weighted by molar-refractivity contribution is -0.387. The number of hydrogen-bond donors (Lipinski definition) is 0. The average Bonchev–Trinajstić information content (AvgIpc) is 3.12. The molecule has 6 atom stereocenters. The van der Waals surface area contributed by atoms with Crippen LogP contribution in [0, 0.1) is 0 Å². The van der Waals surface area contributed by atoms with E-state index in [1.54, 1.807) is 0 Å². The summed E-state index contributed by atoms with van der Waals surface area (Å²) in [6.45, 7) is -11.9. The molecule has 0 amide bonds. The maximum absolute atomic E-state index is 13.7. The molecule has 10 nitrogen and oxygen atoms in total. The van der Waals surface area contributed by atoms with Crippen LogP contribution in [-0.4, -0.2) is 178 Å². The number of halogens is 33. The molecule has 6 unspecified atom stereocenters. The molecule has 0 N–H and O–H groups in total. The smallest absolute Gasteiger partial charge is 0.559 e. The highest BCUT2D eigenvalue weighted by Gasteiger charge is 2.80. The molecule has 0 bridgehead atoms. The SMILES string of the molecule is C.C.C.C.C.C.C.C.C.C.C.C.CC(F)(F)C(F)(F)C(F)(F)C(C)(F)OCC(F)(F)CC(F)(F)CS(=O)[O-].CC(F)(F)C(F)(F)C(F)(F)C(C)(F)OCC(F)(F)CS(=O)[O-].CC(F)(F)C(F)(F)C(F)(F)C(C)(F)OCCOCC(F)(F)CS(=O)[O-].FC(F)(F)F. The molecule has 0 saturated carbocycles. The van der Waals surface area contributed by atoms with Crippen LogP contribution in [0.25, 0.3) is 0 Å². The van der Waals surface area contributed by atoms with E-state index in [2.05, 4.69) is 18.9 Å². The lowest BCUT2D eigenvalue weighted by Gasteiger charge is -2.38. The van der Waals surface area contributed by atoms with E-state index in [0.29, 0.717) is 0 Å². The molecule has 0 aromatic carbocycles. The molecule has 0 saturated heterocycles. The van der Waals surface area contributed by atoms with Crippen molar-refractivity contribution in [3.05, 3.63) is 0 Å². The summed E-state index contributed by atoms with van der Waals surface area (Å²) in [5.41, 5.74) is 0. The molecular weight excluding hydrogens is 1410 g/mol. The van der Waals surface area contributed by atoms with Crippen molar-refractivity contribution in [3.8, 4) is 0 Å². The first-order chi connectivity index (χ1) is 33.3. The first-order valence-corrected chi connectivity index (χ1v) is 22.5. The van der Waals surface area contributed by atoms with Crippen molar-refractivity contribution >= 4 is 33.2 Å². The van der Waals surface area contributed by atoms with E-state index in [0.717, 1.165) is 0 Å². The number of hydrogen-bond acceptors (Lipinski definition) is 10. The Bertz CT molecular complexity index is 1910. The summed E-state index contributed by atoms with van der Waals surface area (Å²) in [6, 6.07) is 0. The number of rotatable bonds is 29. The van der Waals surface area contributed by atoms with Crippen LogP contribution in [0.4, 0.5) is 145 Å². The van der Waals surface area contributed by atoms with Gasteiger partial charge in [0.25, 0.3) is 41.3 Å². The van der Waals surface area contributed by atoms with E-state index in [4.69, 9.17) is 0 Å². The van der Waals surface area contributed by atoms with Crippen molar-refractivity contribution in [1.82, 2.24) is 0 Å². The zero-order chi connectivity index (χ0) is 64.4.